The van der Waals surface area contributed by atoms with E-state index in [2.05, 4.69) is 16.4 Å². The first-order valence-electron chi connectivity index (χ1n) is 4.62. The highest BCUT2D eigenvalue weighted by atomic mass is 16.5. The molecule has 1 N–H and O–H groups in total. The number of hydrogen-bond donors (Lipinski definition) is 1. The molecule has 13 heavy (non-hydrogen) atoms. The molecule has 0 unspecified atom stereocenters. The summed E-state index contributed by atoms with van der Waals surface area (Å²) in [4.78, 5) is 4.41. The molecular formula is C10H14N2O. The van der Waals surface area contributed by atoms with Crippen molar-refractivity contribution >= 4 is 0 Å². The van der Waals surface area contributed by atoms with Crippen LogP contribution >= 0.6 is 0 Å². The predicted octanol–water partition coefficient (Wildman–Crippen LogP) is 1.17. The highest BCUT2D eigenvalue weighted by Crippen LogP contribution is 2.21. The zero-order valence-corrected chi connectivity index (χ0v) is 7.79. The number of pyridine rings is 1. The van der Waals surface area contributed by atoms with Crippen LogP contribution in [0.1, 0.15) is 18.0 Å². The van der Waals surface area contributed by atoms with Gasteiger partial charge in [-0.05, 0) is 19.0 Å². The van der Waals surface area contributed by atoms with Crippen molar-refractivity contribution in [3.8, 4) is 5.88 Å². The van der Waals surface area contributed by atoms with Crippen LogP contribution in [0.5, 0.6) is 5.88 Å². The van der Waals surface area contributed by atoms with Crippen LogP contribution in [0, 0.1) is 0 Å². The molecule has 1 saturated heterocycles. The van der Waals surface area contributed by atoms with Crippen LogP contribution in [0.3, 0.4) is 0 Å². The maximum absolute atomic E-state index is 5.08. The van der Waals surface area contributed by atoms with Gasteiger partial charge >= 0.3 is 0 Å². The summed E-state index contributed by atoms with van der Waals surface area (Å²) < 4.78 is 5.08. The van der Waals surface area contributed by atoms with Crippen molar-refractivity contribution in [3.63, 3.8) is 0 Å². The Kier molecular flexibility index (Phi) is 2.45. The number of rotatable bonds is 2. The van der Waals surface area contributed by atoms with E-state index in [-0.39, 0.29) is 0 Å². The summed E-state index contributed by atoms with van der Waals surface area (Å²) in [6, 6.07) is 5.95. The number of methoxy groups -OCH3 is 1. The fourth-order valence-corrected chi connectivity index (χ4v) is 1.68. The Morgan fingerprint density at radius 2 is 2.46 bits per heavy atom. The predicted molar refractivity (Wildman–Crippen MR) is 51.0 cm³/mol. The van der Waals surface area contributed by atoms with E-state index in [0.717, 1.165) is 18.8 Å². The molecule has 0 radical (unpaired) electrons. The molecule has 3 nitrogen and oxygen atoms in total. The van der Waals surface area contributed by atoms with Gasteiger partial charge in [0.1, 0.15) is 0 Å². The first-order valence-corrected chi connectivity index (χ1v) is 4.62. The highest BCUT2D eigenvalue weighted by molar-refractivity contribution is 5.19. The van der Waals surface area contributed by atoms with Gasteiger partial charge < -0.3 is 10.1 Å². The van der Waals surface area contributed by atoms with Crippen LogP contribution in [0.4, 0.5) is 0 Å². The average molecular weight is 178 g/mol. The summed E-state index contributed by atoms with van der Waals surface area (Å²) in [5.74, 6) is 1.28. The van der Waals surface area contributed by atoms with E-state index in [4.69, 9.17) is 4.74 Å². The van der Waals surface area contributed by atoms with Gasteiger partial charge in [-0.25, -0.2) is 4.98 Å². The minimum Gasteiger partial charge on any atom is -0.481 e. The van der Waals surface area contributed by atoms with Crippen LogP contribution in [0.2, 0.25) is 0 Å². The summed E-state index contributed by atoms with van der Waals surface area (Å²) >= 11 is 0. The molecule has 1 atom stereocenters. The third kappa shape index (κ3) is 1.80. The molecule has 2 rings (SSSR count). The molecule has 1 aromatic heterocycles. The van der Waals surface area contributed by atoms with E-state index in [9.17, 15) is 0 Å². The van der Waals surface area contributed by atoms with Crippen molar-refractivity contribution in [1.29, 1.82) is 0 Å². The molecule has 0 spiro atoms. The number of aromatic nitrogens is 1. The number of hydrogen-bond acceptors (Lipinski definition) is 3. The monoisotopic (exact) mass is 178 g/mol. The van der Waals surface area contributed by atoms with Crippen molar-refractivity contribution in [3.05, 3.63) is 23.9 Å². The lowest BCUT2D eigenvalue weighted by Crippen LogP contribution is -2.09. The summed E-state index contributed by atoms with van der Waals surface area (Å²) in [6.07, 6.45) is 1.18. The Bertz CT molecular complexity index is 282. The third-order valence-corrected chi connectivity index (χ3v) is 2.43. The molecule has 1 fully saturated rings. The van der Waals surface area contributed by atoms with Crippen molar-refractivity contribution < 1.29 is 4.74 Å². The van der Waals surface area contributed by atoms with E-state index in [1.807, 2.05) is 12.1 Å². The zero-order valence-electron chi connectivity index (χ0n) is 7.79. The van der Waals surface area contributed by atoms with Crippen LogP contribution in [-0.4, -0.2) is 25.2 Å². The molecule has 0 amide bonds. The Balaban J connectivity index is 2.18. The Morgan fingerprint density at radius 1 is 1.54 bits per heavy atom. The van der Waals surface area contributed by atoms with Gasteiger partial charge in [0.2, 0.25) is 5.88 Å². The maximum atomic E-state index is 5.08. The number of ether oxygens (including phenoxy) is 1. The zero-order chi connectivity index (χ0) is 9.10. The van der Waals surface area contributed by atoms with Crippen molar-refractivity contribution in [2.45, 2.75) is 12.3 Å². The first kappa shape index (κ1) is 8.51. The fraction of sp³-hybridized carbons (Fsp3) is 0.500. The summed E-state index contributed by atoms with van der Waals surface area (Å²) in [6.45, 7) is 2.14. The molecule has 2 heterocycles. The van der Waals surface area contributed by atoms with Gasteiger partial charge in [0.25, 0.3) is 0 Å². The largest absolute Gasteiger partial charge is 0.481 e. The van der Waals surface area contributed by atoms with Crippen LogP contribution in [0.15, 0.2) is 18.2 Å². The molecule has 1 aromatic rings. The molecule has 1 aliphatic heterocycles. The maximum Gasteiger partial charge on any atom is 0.213 e. The molecule has 0 bridgehead atoms. The summed E-state index contributed by atoms with van der Waals surface area (Å²) in [5.41, 5.74) is 1.14. The van der Waals surface area contributed by atoms with Crippen LogP contribution in [-0.2, 0) is 0 Å². The quantitative estimate of drug-likeness (QED) is 0.738. The van der Waals surface area contributed by atoms with Crippen molar-refractivity contribution in [2.75, 3.05) is 20.2 Å². The Hall–Kier alpha value is -1.09. The SMILES string of the molecule is COc1cccc([C@H]2CCNC2)n1. The van der Waals surface area contributed by atoms with Crippen molar-refractivity contribution in [1.82, 2.24) is 10.3 Å². The van der Waals surface area contributed by atoms with Crippen molar-refractivity contribution in [2.24, 2.45) is 0 Å². The minimum absolute atomic E-state index is 0.565. The normalized spacial score (nSPS) is 21.8. The lowest BCUT2D eigenvalue weighted by Gasteiger charge is -2.08. The van der Waals surface area contributed by atoms with Crippen LogP contribution in [0.25, 0.3) is 0 Å². The molecular weight excluding hydrogens is 164 g/mol. The molecule has 0 aliphatic carbocycles. The van der Waals surface area contributed by atoms with Gasteiger partial charge in [-0.15, -0.1) is 0 Å². The smallest absolute Gasteiger partial charge is 0.213 e. The molecule has 70 valence electrons. The minimum atomic E-state index is 0.565. The summed E-state index contributed by atoms with van der Waals surface area (Å²) in [7, 11) is 1.65. The number of nitrogens with one attached hydrogen (secondary N) is 1. The number of nitrogens with zero attached hydrogens (tertiary/aromatic N) is 1. The second-order valence-electron chi connectivity index (χ2n) is 3.29. The van der Waals surface area contributed by atoms with Gasteiger partial charge in [0, 0.05) is 24.2 Å². The summed E-state index contributed by atoms with van der Waals surface area (Å²) in [5, 5.41) is 3.33. The van der Waals surface area contributed by atoms with Gasteiger partial charge in [-0.1, -0.05) is 6.07 Å². The van der Waals surface area contributed by atoms with Gasteiger partial charge in [-0.2, -0.15) is 0 Å². The molecule has 0 saturated carbocycles. The van der Waals surface area contributed by atoms with E-state index < -0.39 is 0 Å². The topological polar surface area (TPSA) is 34.1 Å². The Labute approximate surface area is 78.1 Å². The lowest BCUT2D eigenvalue weighted by atomic mass is 10.0. The molecule has 1 aliphatic rings. The lowest BCUT2D eigenvalue weighted by molar-refractivity contribution is 0.395. The molecule has 3 heteroatoms. The van der Waals surface area contributed by atoms with E-state index in [1.54, 1.807) is 7.11 Å². The van der Waals surface area contributed by atoms with Gasteiger partial charge in [0.05, 0.1) is 7.11 Å². The third-order valence-electron chi connectivity index (χ3n) is 2.43. The first-order chi connectivity index (χ1) is 6.40. The Morgan fingerprint density at radius 3 is 3.15 bits per heavy atom. The van der Waals surface area contributed by atoms with E-state index in [0.29, 0.717) is 11.8 Å². The van der Waals surface area contributed by atoms with Gasteiger partial charge in [0.15, 0.2) is 0 Å². The van der Waals surface area contributed by atoms with E-state index in [1.165, 1.54) is 6.42 Å². The fourth-order valence-electron chi connectivity index (χ4n) is 1.68. The second kappa shape index (κ2) is 3.75. The second-order valence-corrected chi connectivity index (χ2v) is 3.29. The highest BCUT2D eigenvalue weighted by Gasteiger charge is 2.17. The standard InChI is InChI=1S/C10H14N2O/c1-13-10-4-2-3-9(12-10)8-5-6-11-7-8/h2-4,8,11H,5-7H2,1H3/t8-/m0/s1. The van der Waals surface area contributed by atoms with Crippen LogP contribution < -0.4 is 10.1 Å². The molecule has 0 aromatic carbocycles. The average Bonchev–Trinajstić information content (AvgIpc) is 2.71. The van der Waals surface area contributed by atoms with Gasteiger partial charge in [-0.3, -0.25) is 0 Å². The van der Waals surface area contributed by atoms with E-state index >= 15 is 0 Å².